The number of halogens is 3. The molecule has 2 rings (SSSR count). The predicted molar refractivity (Wildman–Crippen MR) is 84.6 cm³/mol. The van der Waals surface area contributed by atoms with Gasteiger partial charge in [0.05, 0.1) is 12.7 Å². The van der Waals surface area contributed by atoms with E-state index in [0.29, 0.717) is 5.56 Å². The first-order valence-corrected chi connectivity index (χ1v) is 7.84. The van der Waals surface area contributed by atoms with Crippen LogP contribution in [-0.4, -0.2) is 38.2 Å². The largest absolute Gasteiger partial charge is 0.497 e. The van der Waals surface area contributed by atoms with Gasteiger partial charge in [-0.2, -0.15) is 13.2 Å². The van der Waals surface area contributed by atoms with E-state index in [1.165, 1.54) is 7.11 Å². The number of hydrogen-bond donors (Lipinski definition) is 1. The highest BCUT2D eigenvalue weighted by molar-refractivity contribution is 5.40. The Labute approximate surface area is 135 Å². The van der Waals surface area contributed by atoms with E-state index < -0.39 is 11.7 Å². The van der Waals surface area contributed by atoms with Gasteiger partial charge in [-0.15, -0.1) is 0 Å². The van der Waals surface area contributed by atoms with Crippen LogP contribution < -0.4 is 10.1 Å². The molecule has 0 amide bonds. The standard InChI is InChI=1S/C17H25F3N2O/c1-16(2,3)15(22-9-7-21-8-10-22)13-6-5-12(23-4)11-14(13)17(18,19)20/h5-6,11,15,21H,7-10H2,1-4H3/t15-/m0/s1. The molecule has 6 heteroatoms. The van der Waals surface area contributed by atoms with Gasteiger partial charge in [0, 0.05) is 32.2 Å². The van der Waals surface area contributed by atoms with Crippen molar-refractivity contribution in [3.05, 3.63) is 29.3 Å². The van der Waals surface area contributed by atoms with Crippen LogP contribution in [0.2, 0.25) is 0 Å². The van der Waals surface area contributed by atoms with Crippen molar-refractivity contribution in [2.75, 3.05) is 33.3 Å². The maximum atomic E-state index is 13.6. The average molecular weight is 330 g/mol. The summed E-state index contributed by atoms with van der Waals surface area (Å²) >= 11 is 0. The molecular weight excluding hydrogens is 305 g/mol. The van der Waals surface area contributed by atoms with Crippen molar-refractivity contribution in [3.8, 4) is 5.75 Å². The second-order valence-corrected chi connectivity index (χ2v) is 7.01. The topological polar surface area (TPSA) is 24.5 Å². The van der Waals surface area contributed by atoms with Crippen LogP contribution in [0.1, 0.15) is 37.9 Å². The molecule has 1 aromatic carbocycles. The van der Waals surface area contributed by atoms with Gasteiger partial charge in [-0.3, -0.25) is 4.90 Å². The van der Waals surface area contributed by atoms with E-state index in [-0.39, 0.29) is 17.2 Å². The third kappa shape index (κ3) is 4.18. The number of rotatable bonds is 3. The van der Waals surface area contributed by atoms with Crippen molar-refractivity contribution in [1.82, 2.24) is 10.2 Å². The molecule has 0 saturated carbocycles. The number of ether oxygens (including phenoxy) is 1. The van der Waals surface area contributed by atoms with Crippen LogP contribution >= 0.6 is 0 Å². The van der Waals surface area contributed by atoms with Crippen LogP contribution in [0.3, 0.4) is 0 Å². The van der Waals surface area contributed by atoms with Gasteiger partial charge in [0.2, 0.25) is 0 Å². The van der Waals surface area contributed by atoms with E-state index >= 15 is 0 Å². The zero-order valence-corrected chi connectivity index (χ0v) is 14.1. The zero-order chi connectivity index (χ0) is 17.3. The smallest absolute Gasteiger partial charge is 0.416 e. The highest BCUT2D eigenvalue weighted by Gasteiger charge is 2.41. The zero-order valence-electron chi connectivity index (χ0n) is 14.1. The summed E-state index contributed by atoms with van der Waals surface area (Å²) in [5.74, 6) is 0.231. The Morgan fingerprint density at radius 3 is 2.22 bits per heavy atom. The lowest BCUT2D eigenvalue weighted by atomic mass is 9.79. The number of alkyl halides is 3. The molecule has 0 spiro atoms. The molecule has 1 atom stereocenters. The first-order valence-electron chi connectivity index (χ1n) is 7.84. The summed E-state index contributed by atoms with van der Waals surface area (Å²) in [5, 5.41) is 3.25. The van der Waals surface area contributed by atoms with Crippen LogP contribution in [-0.2, 0) is 6.18 Å². The minimum absolute atomic E-state index is 0.231. The third-order valence-electron chi connectivity index (χ3n) is 4.20. The number of nitrogens with one attached hydrogen (secondary N) is 1. The number of methoxy groups -OCH3 is 1. The molecule has 1 fully saturated rings. The Hall–Kier alpha value is -1.27. The fourth-order valence-electron chi connectivity index (χ4n) is 3.30. The molecule has 1 heterocycles. The first-order chi connectivity index (χ1) is 10.6. The molecule has 1 N–H and O–H groups in total. The monoisotopic (exact) mass is 330 g/mol. The summed E-state index contributed by atoms with van der Waals surface area (Å²) in [4.78, 5) is 2.15. The van der Waals surface area contributed by atoms with Crippen molar-refractivity contribution in [1.29, 1.82) is 0 Å². The quantitative estimate of drug-likeness (QED) is 0.914. The molecule has 0 bridgehead atoms. The summed E-state index contributed by atoms with van der Waals surface area (Å²) in [5.41, 5.74) is -0.589. The molecular formula is C17H25F3N2O. The van der Waals surface area contributed by atoms with Crippen molar-refractivity contribution in [3.63, 3.8) is 0 Å². The highest BCUT2D eigenvalue weighted by atomic mass is 19.4. The molecule has 1 aliphatic heterocycles. The highest BCUT2D eigenvalue weighted by Crippen LogP contribution is 2.44. The summed E-state index contributed by atoms with van der Waals surface area (Å²) in [6.07, 6.45) is -4.40. The maximum absolute atomic E-state index is 13.6. The Balaban J connectivity index is 2.53. The molecule has 1 aliphatic rings. The van der Waals surface area contributed by atoms with Crippen molar-refractivity contribution < 1.29 is 17.9 Å². The molecule has 1 aromatic rings. The van der Waals surface area contributed by atoms with Crippen LogP contribution in [0.15, 0.2) is 18.2 Å². The Morgan fingerprint density at radius 1 is 1.13 bits per heavy atom. The molecule has 3 nitrogen and oxygen atoms in total. The lowest BCUT2D eigenvalue weighted by molar-refractivity contribution is -0.139. The number of piperazine rings is 1. The molecule has 0 aromatic heterocycles. The van der Waals surface area contributed by atoms with Gasteiger partial charge >= 0.3 is 6.18 Å². The van der Waals surface area contributed by atoms with Gasteiger partial charge in [-0.1, -0.05) is 26.8 Å². The Kier molecular flexibility index (Phi) is 5.26. The van der Waals surface area contributed by atoms with E-state index in [4.69, 9.17) is 4.74 Å². The summed E-state index contributed by atoms with van der Waals surface area (Å²) in [6, 6.07) is 3.99. The van der Waals surface area contributed by atoms with Crippen LogP contribution in [0, 0.1) is 5.41 Å². The van der Waals surface area contributed by atoms with Crippen LogP contribution in [0.25, 0.3) is 0 Å². The van der Waals surface area contributed by atoms with Gasteiger partial charge in [0.25, 0.3) is 0 Å². The summed E-state index contributed by atoms with van der Waals surface area (Å²) < 4.78 is 45.8. The van der Waals surface area contributed by atoms with Crippen LogP contribution in [0.5, 0.6) is 5.75 Å². The number of nitrogens with zero attached hydrogens (tertiary/aromatic N) is 1. The van der Waals surface area contributed by atoms with Gasteiger partial charge < -0.3 is 10.1 Å². The fraction of sp³-hybridized carbons (Fsp3) is 0.647. The molecule has 1 saturated heterocycles. The van der Waals surface area contributed by atoms with E-state index in [0.717, 1.165) is 32.2 Å². The van der Waals surface area contributed by atoms with Crippen LogP contribution in [0.4, 0.5) is 13.2 Å². The Bertz CT molecular complexity index is 532. The second-order valence-electron chi connectivity index (χ2n) is 7.01. The third-order valence-corrected chi connectivity index (χ3v) is 4.20. The fourth-order valence-corrected chi connectivity index (χ4v) is 3.30. The minimum atomic E-state index is -4.40. The molecule has 130 valence electrons. The van der Waals surface area contributed by atoms with Crippen molar-refractivity contribution in [2.45, 2.75) is 33.0 Å². The normalized spacial score (nSPS) is 18.7. The van der Waals surface area contributed by atoms with Gasteiger partial charge in [-0.25, -0.2) is 0 Å². The maximum Gasteiger partial charge on any atom is 0.416 e. The SMILES string of the molecule is COc1ccc([C@H](N2CCNCC2)C(C)(C)C)c(C(F)(F)F)c1. The van der Waals surface area contributed by atoms with E-state index in [2.05, 4.69) is 10.2 Å². The van der Waals surface area contributed by atoms with E-state index in [9.17, 15) is 13.2 Å². The molecule has 23 heavy (non-hydrogen) atoms. The minimum Gasteiger partial charge on any atom is -0.497 e. The van der Waals surface area contributed by atoms with Gasteiger partial charge in [-0.05, 0) is 23.1 Å². The first kappa shape index (κ1) is 18.1. The second kappa shape index (κ2) is 6.69. The summed E-state index contributed by atoms with van der Waals surface area (Å²) in [6.45, 7) is 9.04. The lowest BCUT2D eigenvalue weighted by Crippen LogP contribution is -2.48. The molecule has 0 aliphatic carbocycles. The van der Waals surface area contributed by atoms with Crippen molar-refractivity contribution in [2.24, 2.45) is 5.41 Å². The van der Waals surface area contributed by atoms with E-state index in [1.807, 2.05) is 20.8 Å². The molecule has 0 unspecified atom stereocenters. The lowest BCUT2D eigenvalue weighted by Gasteiger charge is -2.43. The summed E-state index contributed by atoms with van der Waals surface area (Å²) in [7, 11) is 1.38. The number of benzene rings is 1. The van der Waals surface area contributed by atoms with Crippen molar-refractivity contribution >= 4 is 0 Å². The average Bonchev–Trinajstić information content (AvgIpc) is 2.46. The Morgan fingerprint density at radius 2 is 1.74 bits per heavy atom. The number of hydrogen-bond acceptors (Lipinski definition) is 3. The van der Waals surface area contributed by atoms with Gasteiger partial charge in [0.15, 0.2) is 0 Å². The van der Waals surface area contributed by atoms with Gasteiger partial charge in [0.1, 0.15) is 5.75 Å². The predicted octanol–water partition coefficient (Wildman–Crippen LogP) is 3.71. The molecule has 0 radical (unpaired) electrons. The van der Waals surface area contributed by atoms with E-state index in [1.54, 1.807) is 12.1 Å².